The average molecular weight is 927 g/mol. The van der Waals surface area contributed by atoms with Crippen molar-refractivity contribution in [2.45, 2.75) is 96.3 Å². The lowest BCUT2D eigenvalue weighted by molar-refractivity contribution is -0.154. The molecule has 2 fully saturated rings. The summed E-state index contributed by atoms with van der Waals surface area (Å²) in [6.07, 6.45) is 11.9. The molecule has 368 valence electrons. The van der Waals surface area contributed by atoms with E-state index in [1.54, 1.807) is 12.2 Å². The van der Waals surface area contributed by atoms with E-state index in [-0.39, 0.29) is 31.6 Å². The van der Waals surface area contributed by atoms with E-state index in [0.717, 1.165) is 72.5 Å². The molecule has 0 aromatic heterocycles. The summed E-state index contributed by atoms with van der Waals surface area (Å²) in [5.41, 5.74) is -1.00. The van der Waals surface area contributed by atoms with E-state index in [4.69, 9.17) is 61.3 Å². The van der Waals surface area contributed by atoms with E-state index in [1.807, 2.05) is 0 Å². The van der Waals surface area contributed by atoms with Crippen LogP contribution in [0.3, 0.4) is 0 Å². The Morgan fingerprint density at radius 3 is 1.11 bits per heavy atom. The third kappa shape index (κ3) is 21.7. The minimum atomic E-state index is -1.19. The highest BCUT2D eigenvalue weighted by molar-refractivity contribution is 5.85. The number of allylic oxidation sites excluding steroid dienone is 2. The first-order valence-electron chi connectivity index (χ1n) is 20.4. The minimum absolute atomic E-state index is 0.0244. The molecule has 12 N–H and O–H groups in total. The summed E-state index contributed by atoms with van der Waals surface area (Å²) < 4.78 is 4.43. The van der Waals surface area contributed by atoms with Crippen molar-refractivity contribution in [2.24, 2.45) is 22.7 Å². The number of carboxylic acid groups (broad SMARTS) is 4. The Kier molecular flexibility index (Phi) is 29.5. The lowest BCUT2D eigenvalue weighted by atomic mass is 9.69. The van der Waals surface area contributed by atoms with Gasteiger partial charge in [0.15, 0.2) is 0 Å². The number of carbonyl (C=O) groups excluding carboxylic acids is 4. The normalized spacial score (nSPS) is 17.9. The molecule has 2 atom stereocenters. The van der Waals surface area contributed by atoms with Crippen LogP contribution in [0.25, 0.3) is 0 Å². The Morgan fingerprint density at radius 1 is 0.438 bits per heavy atom. The van der Waals surface area contributed by atoms with Gasteiger partial charge in [-0.1, -0.05) is 44.3 Å². The third-order valence-electron chi connectivity index (χ3n) is 10.9. The lowest BCUT2D eigenvalue weighted by Gasteiger charge is -2.36. The first-order chi connectivity index (χ1) is 30.3. The van der Waals surface area contributed by atoms with Crippen LogP contribution in [0.2, 0.25) is 0 Å². The standard InChI is InChI=1S/C12H21NO5.C11H19NO5.C10H15NO5.C6H11NO6/c14-8-13(9-15)10(16)6-12(7-11(17)18)4-2-1-3-5-12;13-7-12(8-14)9(15)5-11(6-10(16)17)3-1-2-4-11;12-5-11(6-13)9(14)7-3-1-2-4-8(7)10(15)16;8-3-7(4-9)5(10)1-13-2-6(11)12/h14-15H,1-9H2,(H,17,18);13-14H,1-8H2,(H,16,17);1-2,7-8,12-13H,3-6H2,(H,15,16);8-9H,1-4H2,(H,11,12). The zero-order valence-corrected chi connectivity index (χ0v) is 35.8. The molecule has 25 heteroatoms. The van der Waals surface area contributed by atoms with E-state index in [0.29, 0.717) is 17.7 Å². The van der Waals surface area contributed by atoms with Gasteiger partial charge in [-0.3, -0.25) is 53.2 Å². The quantitative estimate of drug-likeness (QED) is 0.0407. The lowest BCUT2D eigenvalue weighted by Crippen LogP contribution is -2.42. The van der Waals surface area contributed by atoms with Gasteiger partial charge in [0.2, 0.25) is 17.7 Å². The van der Waals surface area contributed by atoms with Gasteiger partial charge in [0.05, 0.1) is 24.7 Å². The Balaban J connectivity index is 0.000000833. The summed E-state index contributed by atoms with van der Waals surface area (Å²) in [6, 6.07) is 0. The van der Waals surface area contributed by atoms with E-state index in [2.05, 4.69) is 4.74 Å². The number of amides is 4. The van der Waals surface area contributed by atoms with Crippen LogP contribution >= 0.6 is 0 Å². The fourth-order valence-electron chi connectivity index (χ4n) is 7.47. The average Bonchev–Trinajstić information content (AvgIpc) is 3.69. The maximum Gasteiger partial charge on any atom is 0.329 e. The topological polar surface area (TPSA) is 402 Å². The zero-order valence-electron chi connectivity index (χ0n) is 35.8. The molecule has 0 heterocycles. The van der Waals surface area contributed by atoms with Crippen molar-refractivity contribution in [3.8, 4) is 0 Å². The molecule has 0 aromatic rings. The summed E-state index contributed by atoms with van der Waals surface area (Å²) in [7, 11) is 0. The van der Waals surface area contributed by atoms with Gasteiger partial charge >= 0.3 is 23.9 Å². The van der Waals surface area contributed by atoms with Gasteiger partial charge in [-0.05, 0) is 49.4 Å². The molecule has 0 aromatic carbocycles. The molecular weight excluding hydrogens is 860 g/mol. The SMILES string of the molecule is O=C(O)C1CC=CCC1C(=O)N(CO)CO.O=C(O)CC1(CC(=O)N(CO)CO)CCCC1.O=C(O)CC1(CC(=O)N(CO)CO)CCCCC1.O=C(O)COCC(=O)N(CO)CO. The van der Waals surface area contributed by atoms with Crippen molar-refractivity contribution in [1.82, 2.24) is 19.6 Å². The van der Waals surface area contributed by atoms with Crippen LogP contribution in [0.1, 0.15) is 96.3 Å². The van der Waals surface area contributed by atoms with Gasteiger partial charge in [0.25, 0.3) is 5.91 Å². The van der Waals surface area contributed by atoms with E-state index in [9.17, 15) is 38.4 Å². The van der Waals surface area contributed by atoms with Crippen LogP contribution < -0.4 is 0 Å². The second kappa shape index (κ2) is 31.9. The van der Waals surface area contributed by atoms with Crippen LogP contribution in [0.15, 0.2) is 12.2 Å². The maximum atomic E-state index is 11.9. The van der Waals surface area contributed by atoms with Gasteiger partial charge in [-0.25, -0.2) is 4.79 Å². The van der Waals surface area contributed by atoms with Crippen LogP contribution in [0.5, 0.6) is 0 Å². The Hall–Kier alpha value is -4.86. The zero-order chi connectivity index (χ0) is 48.9. The molecule has 0 radical (unpaired) electrons. The summed E-state index contributed by atoms with van der Waals surface area (Å²) in [4.78, 5) is 92.3. The summed E-state index contributed by atoms with van der Waals surface area (Å²) in [6.45, 7) is -5.72. The predicted octanol–water partition coefficient (Wildman–Crippen LogP) is -2.13. The first-order valence-corrected chi connectivity index (χ1v) is 20.4. The molecule has 4 amide bonds. The summed E-state index contributed by atoms with van der Waals surface area (Å²) in [5.74, 6) is -7.48. The number of nitrogens with zero attached hydrogens (tertiary/aromatic N) is 4. The molecule has 3 aliphatic rings. The van der Waals surface area contributed by atoms with Crippen molar-refractivity contribution in [3.05, 3.63) is 12.2 Å². The van der Waals surface area contributed by atoms with Gasteiger partial charge in [0.1, 0.15) is 67.1 Å². The highest BCUT2D eigenvalue weighted by Gasteiger charge is 2.40. The fraction of sp³-hybridized carbons (Fsp3) is 0.744. The van der Waals surface area contributed by atoms with Crippen molar-refractivity contribution < 1.29 is 104 Å². The van der Waals surface area contributed by atoms with Crippen LogP contribution in [-0.2, 0) is 43.1 Å². The molecular formula is C39H66N4O21. The van der Waals surface area contributed by atoms with Crippen LogP contribution in [0, 0.1) is 22.7 Å². The highest BCUT2D eigenvalue weighted by atomic mass is 16.5. The molecule has 3 rings (SSSR count). The van der Waals surface area contributed by atoms with E-state index < -0.39 is 131 Å². The third-order valence-corrected chi connectivity index (χ3v) is 10.9. The van der Waals surface area contributed by atoms with Gasteiger partial charge in [0, 0.05) is 12.8 Å². The van der Waals surface area contributed by atoms with Crippen molar-refractivity contribution in [3.63, 3.8) is 0 Å². The van der Waals surface area contributed by atoms with Gasteiger partial charge < -0.3 is 66.0 Å². The van der Waals surface area contributed by atoms with Crippen molar-refractivity contribution in [1.29, 1.82) is 0 Å². The monoisotopic (exact) mass is 926 g/mol. The number of aliphatic carboxylic acids is 4. The molecule has 2 saturated carbocycles. The molecule has 0 bridgehead atoms. The number of carboxylic acids is 4. The molecule has 64 heavy (non-hydrogen) atoms. The maximum absolute atomic E-state index is 11.9. The minimum Gasteiger partial charge on any atom is -0.481 e. The van der Waals surface area contributed by atoms with E-state index in [1.165, 1.54) is 0 Å². The molecule has 2 unspecified atom stereocenters. The Bertz CT molecular complexity index is 1490. The number of rotatable bonds is 22. The second-order valence-corrected chi connectivity index (χ2v) is 15.5. The van der Waals surface area contributed by atoms with Crippen LogP contribution in [-0.4, -0.2) is 195 Å². The summed E-state index contributed by atoms with van der Waals surface area (Å²) >= 11 is 0. The van der Waals surface area contributed by atoms with Crippen molar-refractivity contribution >= 4 is 47.5 Å². The number of aliphatic hydroxyl groups excluding tert-OH is 8. The number of hydrogen-bond acceptors (Lipinski definition) is 17. The van der Waals surface area contributed by atoms with E-state index >= 15 is 0 Å². The molecule has 3 aliphatic carbocycles. The fourth-order valence-corrected chi connectivity index (χ4v) is 7.47. The van der Waals surface area contributed by atoms with Gasteiger partial charge in [-0.2, -0.15) is 0 Å². The molecule has 0 aliphatic heterocycles. The van der Waals surface area contributed by atoms with Crippen LogP contribution in [0.4, 0.5) is 0 Å². The molecule has 25 nitrogen and oxygen atoms in total. The smallest absolute Gasteiger partial charge is 0.329 e. The summed E-state index contributed by atoms with van der Waals surface area (Å²) in [5, 5.41) is 105. The second-order valence-electron chi connectivity index (χ2n) is 15.5. The van der Waals surface area contributed by atoms with Gasteiger partial charge in [-0.15, -0.1) is 0 Å². The molecule has 0 spiro atoms. The number of carbonyl (C=O) groups is 8. The first kappa shape index (κ1) is 59.1. The highest BCUT2D eigenvalue weighted by Crippen LogP contribution is 2.45. The molecule has 0 saturated heterocycles. The number of hydrogen-bond donors (Lipinski definition) is 12. The number of ether oxygens (including phenoxy) is 1. The van der Waals surface area contributed by atoms with Crippen molar-refractivity contribution in [2.75, 3.05) is 67.1 Å². The largest absolute Gasteiger partial charge is 0.481 e. The predicted molar refractivity (Wildman–Crippen MR) is 216 cm³/mol. The Morgan fingerprint density at radius 2 is 0.781 bits per heavy atom. The Labute approximate surface area is 369 Å². The number of aliphatic hydroxyl groups is 8.